The molecule has 0 aromatic rings. The molecule has 0 heterocycles. The van der Waals surface area contributed by atoms with Crippen molar-refractivity contribution in [3.05, 3.63) is 0 Å². The molecule has 3 heteroatoms. The second-order valence-electron chi connectivity index (χ2n) is 2.17. The van der Waals surface area contributed by atoms with Gasteiger partial charge >= 0.3 is 0 Å². The van der Waals surface area contributed by atoms with Crippen LogP contribution in [-0.2, 0) is 4.79 Å². The molecule has 0 bridgehead atoms. The smallest absolute Gasteiger partial charge is 0.293 e. The van der Waals surface area contributed by atoms with Gasteiger partial charge < -0.3 is 10.8 Å². The highest BCUT2D eigenvalue weighted by atomic mass is 16.3. The average Bonchev–Trinajstić information content (AvgIpc) is 1.59. The average molecular weight is 127 g/mol. The summed E-state index contributed by atoms with van der Waals surface area (Å²) in [7, 11) is 0. The Bertz CT molecular complexity index is 168. The van der Waals surface area contributed by atoms with Crippen LogP contribution in [-0.4, -0.2) is 16.6 Å². The van der Waals surface area contributed by atoms with Gasteiger partial charge in [-0.2, -0.15) is 0 Å². The lowest BCUT2D eigenvalue weighted by Crippen LogP contribution is -2.16. The number of nitrogens with two attached hydrogens (primary N) is 1. The molecular weight excluding hydrogens is 118 g/mol. The molecule has 0 spiro atoms. The monoisotopic (exact) mass is 127 g/mol. The Hall–Kier alpha value is -1.01. The first-order valence-corrected chi connectivity index (χ1v) is 2.47. The van der Waals surface area contributed by atoms with Gasteiger partial charge in [0.15, 0.2) is 0 Å². The number of carbonyl (C=O) groups is 1. The molecule has 0 atom stereocenters. The minimum atomic E-state index is -1.13. The summed E-state index contributed by atoms with van der Waals surface area (Å²) in [6, 6.07) is 0. The van der Waals surface area contributed by atoms with Crippen LogP contribution >= 0.6 is 0 Å². The predicted molar refractivity (Wildman–Crippen MR) is 33.3 cm³/mol. The number of hydrogen-bond acceptors (Lipinski definition) is 2. The van der Waals surface area contributed by atoms with E-state index in [9.17, 15) is 4.79 Å². The summed E-state index contributed by atoms with van der Waals surface area (Å²) in [5.41, 5.74) is 3.55. The topological polar surface area (TPSA) is 63.3 Å². The fraction of sp³-hybridized carbons (Fsp3) is 0.500. The molecule has 0 aromatic carbocycles. The molecule has 0 rings (SSSR count). The van der Waals surface area contributed by atoms with E-state index in [0.717, 1.165) is 0 Å². The highest BCUT2D eigenvalue weighted by Gasteiger charge is 2.05. The lowest BCUT2D eigenvalue weighted by molar-refractivity contribution is -0.112. The number of carbonyl (C=O) groups excluding carboxylic acids is 1. The van der Waals surface area contributed by atoms with Crippen molar-refractivity contribution in [3.63, 3.8) is 0 Å². The van der Waals surface area contributed by atoms with E-state index >= 15 is 0 Å². The highest BCUT2D eigenvalue weighted by Crippen LogP contribution is 1.95. The molecule has 0 aromatic heterocycles. The number of rotatable bonds is 0. The van der Waals surface area contributed by atoms with Gasteiger partial charge in [-0.3, -0.25) is 4.79 Å². The summed E-state index contributed by atoms with van der Waals surface area (Å²) in [5, 5.41) is 8.89. The van der Waals surface area contributed by atoms with Crippen LogP contribution in [0.3, 0.4) is 0 Å². The van der Waals surface area contributed by atoms with Gasteiger partial charge in [0.2, 0.25) is 0 Å². The Kier molecular flexibility index (Phi) is 2.23. The molecule has 9 heavy (non-hydrogen) atoms. The van der Waals surface area contributed by atoms with Gasteiger partial charge in [-0.1, -0.05) is 5.92 Å². The zero-order valence-corrected chi connectivity index (χ0v) is 5.43. The van der Waals surface area contributed by atoms with Gasteiger partial charge in [-0.15, -0.1) is 0 Å². The summed E-state index contributed by atoms with van der Waals surface area (Å²) in [6.07, 6.45) is 0. The quantitative estimate of drug-likeness (QED) is 0.420. The SMILES string of the molecule is CC(C)(O)C#CC(N)=O. The molecule has 0 fully saturated rings. The van der Waals surface area contributed by atoms with Gasteiger partial charge in [-0.05, 0) is 19.8 Å². The van der Waals surface area contributed by atoms with Crippen molar-refractivity contribution in [2.75, 3.05) is 0 Å². The van der Waals surface area contributed by atoms with Crippen LogP contribution in [0.5, 0.6) is 0 Å². The molecule has 0 radical (unpaired) electrons. The van der Waals surface area contributed by atoms with Gasteiger partial charge in [0.05, 0.1) is 0 Å². The van der Waals surface area contributed by atoms with E-state index in [1.165, 1.54) is 13.8 Å². The van der Waals surface area contributed by atoms with Crippen LogP contribution in [0.15, 0.2) is 0 Å². The molecular formula is C6H9NO2. The van der Waals surface area contributed by atoms with Crippen molar-refractivity contribution < 1.29 is 9.90 Å². The fourth-order valence-corrected chi connectivity index (χ4v) is 0.215. The maximum absolute atomic E-state index is 9.98. The van der Waals surface area contributed by atoms with E-state index in [4.69, 9.17) is 5.11 Å². The zero-order chi connectivity index (χ0) is 7.49. The van der Waals surface area contributed by atoms with Crippen molar-refractivity contribution in [2.45, 2.75) is 19.4 Å². The van der Waals surface area contributed by atoms with Crippen LogP contribution < -0.4 is 5.73 Å². The Morgan fingerprint density at radius 3 is 2.22 bits per heavy atom. The van der Waals surface area contributed by atoms with E-state index in [1.807, 2.05) is 5.92 Å². The second kappa shape index (κ2) is 2.51. The van der Waals surface area contributed by atoms with E-state index in [1.54, 1.807) is 0 Å². The van der Waals surface area contributed by atoms with E-state index in [0.29, 0.717) is 0 Å². The Balaban J connectivity index is 4.04. The van der Waals surface area contributed by atoms with Crippen molar-refractivity contribution in [1.29, 1.82) is 0 Å². The maximum Gasteiger partial charge on any atom is 0.293 e. The summed E-state index contributed by atoms with van der Waals surface area (Å²) in [5.74, 6) is 3.55. The molecule has 0 saturated carbocycles. The van der Waals surface area contributed by atoms with Crippen LogP contribution in [0.25, 0.3) is 0 Å². The summed E-state index contributed by atoms with van der Waals surface area (Å²) >= 11 is 0. The maximum atomic E-state index is 9.98. The van der Waals surface area contributed by atoms with Gasteiger partial charge in [0.25, 0.3) is 5.91 Å². The number of amides is 1. The molecule has 1 amide bonds. The minimum Gasteiger partial charge on any atom is -0.378 e. The van der Waals surface area contributed by atoms with Crippen LogP contribution in [0, 0.1) is 11.8 Å². The first-order valence-electron chi connectivity index (χ1n) is 2.47. The molecule has 0 aliphatic heterocycles. The second-order valence-corrected chi connectivity index (χ2v) is 2.17. The Labute approximate surface area is 53.9 Å². The summed E-state index contributed by atoms with van der Waals surface area (Å²) < 4.78 is 0. The van der Waals surface area contributed by atoms with Crippen molar-refractivity contribution >= 4 is 5.91 Å². The van der Waals surface area contributed by atoms with Gasteiger partial charge in [0.1, 0.15) is 5.60 Å². The number of primary amides is 1. The minimum absolute atomic E-state index is 0.725. The third-order valence-corrected chi connectivity index (χ3v) is 0.492. The van der Waals surface area contributed by atoms with Crippen molar-refractivity contribution in [3.8, 4) is 11.8 Å². The first kappa shape index (κ1) is 7.99. The van der Waals surface area contributed by atoms with Crippen LogP contribution in [0.4, 0.5) is 0 Å². The third-order valence-electron chi connectivity index (χ3n) is 0.492. The van der Waals surface area contributed by atoms with Gasteiger partial charge in [0, 0.05) is 0 Å². The van der Waals surface area contributed by atoms with Crippen molar-refractivity contribution in [2.24, 2.45) is 5.73 Å². The standard InChI is InChI=1S/C6H9NO2/c1-6(2,9)4-3-5(7)8/h9H,1-2H3,(H2,7,8). The predicted octanol–water partition coefficient (Wildman–Crippen LogP) is -0.754. The van der Waals surface area contributed by atoms with Crippen LogP contribution in [0.1, 0.15) is 13.8 Å². The molecule has 0 aliphatic rings. The molecule has 50 valence electrons. The number of aliphatic hydroxyl groups is 1. The largest absolute Gasteiger partial charge is 0.378 e. The lowest BCUT2D eigenvalue weighted by Gasteiger charge is -2.04. The normalized spacial score (nSPS) is 9.67. The summed E-state index contributed by atoms with van der Waals surface area (Å²) in [6.45, 7) is 2.95. The molecule has 3 N–H and O–H groups in total. The van der Waals surface area contributed by atoms with E-state index in [2.05, 4.69) is 11.7 Å². The lowest BCUT2D eigenvalue weighted by atomic mass is 10.1. The van der Waals surface area contributed by atoms with Crippen molar-refractivity contribution in [1.82, 2.24) is 0 Å². The summed E-state index contributed by atoms with van der Waals surface area (Å²) in [4.78, 5) is 9.98. The molecule has 0 unspecified atom stereocenters. The Morgan fingerprint density at radius 1 is 1.67 bits per heavy atom. The number of hydrogen-bond donors (Lipinski definition) is 2. The van der Waals surface area contributed by atoms with E-state index < -0.39 is 11.5 Å². The Morgan fingerprint density at radius 2 is 2.11 bits per heavy atom. The van der Waals surface area contributed by atoms with Crippen LogP contribution in [0.2, 0.25) is 0 Å². The molecule has 0 aliphatic carbocycles. The molecule has 0 saturated heterocycles. The first-order chi connectivity index (χ1) is 3.92. The zero-order valence-electron chi connectivity index (χ0n) is 5.43. The third kappa shape index (κ3) is 6.99. The van der Waals surface area contributed by atoms with Gasteiger partial charge in [-0.25, -0.2) is 0 Å². The van der Waals surface area contributed by atoms with E-state index in [-0.39, 0.29) is 0 Å². The molecule has 3 nitrogen and oxygen atoms in total. The fourth-order valence-electron chi connectivity index (χ4n) is 0.215. The highest BCUT2D eigenvalue weighted by molar-refractivity contribution is 5.92.